The van der Waals surface area contributed by atoms with E-state index < -0.39 is 23.5 Å². The number of aromatic nitrogens is 2. The van der Waals surface area contributed by atoms with Gasteiger partial charge in [0.1, 0.15) is 30.0 Å². The summed E-state index contributed by atoms with van der Waals surface area (Å²) in [7, 11) is 3.24. The molecule has 1 aromatic carbocycles. The Bertz CT molecular complexity index is 1260. The van der Waals surface area contributed by atoms with Crippen LogP contribution in [0.3, 0.4) is 0 Å². The number of amides is 3. The van der Waals surface area contributed by atoms with Crippen molar-refractivity contribution < 1.29 is 19.1 Å². The predicted molar refractivity (Wildman–Crippen MR) is 160 cm³/mol. The van der Waals surface area contributed by atoms with Gasteiger partial charge in [0.05, 0.1) is 24.4 Å². The van der Waals surface area contributed by atoms with Crippen molar-refractivity contribution in [1.82, 2.24) is 25.5 Å². The van der Waals surface area contributed by atoms with Crippen LogP contribution in [0.2, 0.25) is 0 Å². The number of fused-ring (bicyclic) bond motifs is 1. The van der Waals surface area contributed by atoms with Crippen molar-refractivity contribution in [2.75, 3.05) is 31.3 Å². The van der Waals surface area contributed by atoms with Crippen molar-refractivity contribution in [3.63, 3.8) is 0 Å². The molecule has 4 N–H and O–H groups in total. The second-order valence-corrected chi connectivity index (χ2v) is 12.3. The number of rotatable bonds is 9. The molecule has 2 fully saturated rings. The van der Waals surface area contributed by atoms with Gasteiger partial charge in [0.15, 0.2) is 0 Å². The number of anilines is 2. The zero-order valence-electron chi connectivity index (χ0n) is 25.2. The normalized spacial score (nSPS) is 19.5. The van der Waals surface area contributed by atoms with E-state index in [-0.39, 0.29) is 17.7 Å². The van der Waals surface area contributed by atoms with Gasteiger partial charge in [-0.2, -0.15) is 0 Å². The molecule has 224 valence electrons. The van der Waals surface area contributed by atoms with E-state index in [2.05, 4.69) is 31.2 Å². The molecule has 4 rings (SSSR count). The highest BCUT2D eigenvalue weighted by Gasteiger charge is 2.42. The van der Waals surface area contributed by atoms with E-state index in [9.17, 15) is 14.4 Å². The molecule has 41 heavy (non-hydrogen) atoms. The first-order chi connectivity index (χ1) is 19.5. The van der Waals surface area contributed by atoms with Gasteiger partial charge in [-0.15, -0.1) is 0 Å². The molecule has 1 saturated heterocycles. The minimum absolute atomic E-state index is 0.260. The van der Waals surface area contributed by atoms with E-state index >= 15 is 0 Å². The molecule has 3 amide bonds. The Labute approximate surface area is 242 Å². The smallest absolute Gasteiger partial charge is 0.247 e. The number of methoxy groups -OCH3 is 1. The van der Waals surface area contributed by atoms with Gasteiger partial charge in [-0.1, -0.05) is 40.0 Å². The molecule has 11 heteroatoms. The van der Waals surface area contributed by atoms with Gasteiger partial charge in [0.2, 0.25) is 17.7 Å². The summed E-state index contributed by atoms with van der Waals surface area (Å²) in [5.41, 5.74) is 0.660. The highest BCUT2D eigenvalue weighted by atomic mass is 16.5. The highest BCUT2D eigenvalue weighted by molar-refractivity contribution is 6.02. The van der Waals surface area contributed by atoms with Crippen LogP contribution in [0.15, 0.2) is 18.5 Å². The number of hydrogen-bond acceptors (Lipinski definition) is 8. The molecule has 2 aromatic rings. The number of carbonyl (C=O) groups excluding carboxylic acids is 3. The third-order valence-electron chi connectivity index (χ3n) is 8.22. The number of ether oxygens (including phenoxy) is 1. The number of nitrogens with one attached hydrogen (secondary N) is 4. The molecule has 1 aliphatic carbocycles. The summed E-state index contributed by atoms with van der Waals surface area (Å²) in [6.07, 6.45) is 8.61. The standard InChI is InChI=1S/C30H45N7O4/c1-18(31-5)27(38)36-25(30(2,3)4)29(40)37-14-10-13-23(37)28(39)35-22-15-20-21(16-24(22)41-6)32-17-33-26(20)34-19-11-8-7-9-12-19/h15-19,23,25,31H,7-14H2,1-6H3,(H,35,39)(H,36,38)(H,32,33,34). The van der Waals surface area contributed by atoms with Gasteiger partial charge < -0.3 is 30.9 Å². The van der Waals surface area contributed by atoms with Crippen LogP contribution in [0.25, 0.3) is 10.9 Å². The molecule has 11 nitrogen and oxygen atoms in total. The second-order valence-electron chi connectivity index (χ2n) is 12.3. The second kappa shape index (κ2) is 13.0. The molecule has 0 bridgehead atoms. The topological polar surface area (TPSA) is 138 Å². The third kappa shape index (κ3) is 7.06. The van der Waals surface area contributed by atoms with Crippen LogP contribution in [0.1, 0.15) is 72.6 Å². The zero-order valence-corrected chi connectivity index (χ0v) is 25.2. The van der Waals surface area contributed by atoms with Gasteiger partial charge in [-0.3, -0.25) is 14.4 Å². The van der Waals surface area contributed by atoms with Gasteiger partial charge >= 0.3 is 0 Å². The van der Waals surface area contributed by atoms with Crippen LogP contribution in [0.5, 0.6) is 5.75 Å². The summed E-state index contributed by atoms with van der Waals surface area (Å²) in [5, 5.41) is 13.2. The van der Waals surface area contributed by atoms with Crippen molar-refractivity contribution in [3.8, 4) is 5.75 Å². The summed E-state index contributed by atoms with van der Waals surface area (Å²) in [5.74, 6) is 0.392. The van der Waals surface area contributed by atoms with Gasteiger partial charge in [0.25, 0.3) is 0 Å². The number of carbonyl (C=O) groups is 3. The van der Waals surface area contributed by atoms with E-state index in [1.165, 1.54) is 25.6 Å². The maximum Gasteiger partial charge on any atom is 0.247 e. The largest absolute Gasteiger partial charge is 0.494 e. The van der Waals surface area contributed by atoms with Crippen molar-refractivity contribution in [2.24, 2.45) is 5.41 Å². The molecule has 2 aliphatic rings. The summed E-state index contributed by atoms with van der Waals surface area (Å²) < 4.78 is 5.61. The van der Waals surface area contributed by atoms with Crippen LogP contribution < -0.4 is 26.0 Å². The zero-order chi connectivity index (χ0) is 29.7. The van der Waals surface area contributed by atoms with Crippen LogP contribution in [0.4, 0.5) is 11.5 Å². The van der Waals surface area contributed by atoms with E-state index in [1.54, 1.807) is 32.0 Å². The quantitative estimate of drug-likeness (QED) is 0.362. The third-order valence-corrected chi connectivity index (χ3v) is 8.22. The molecule has 0 spiro atoms. The van der Waals surface area contributed by atoms with Crippen molar-refractivity contribution in [2.45, 2.75) is 96.8 Å². The number of likely N-dealkylation sites (tertiary alicyclic amines) is 1. The van der Waals surface area contributed by atoms with Gasteiger partial charge in [0, 0.05) is 24.0 Å². The molecular weight excluding hydrogens is 522 g/mol. The molecule has 3 unspecified atom stereocenters. The van der Waals surface area contributed by atoms with Crippen LogP contribution in [-0.4, -0.2) is 77.5 Å². The highest BCUT2D eigenvalue weighted by Crippen LogP contribution is 2.34. The first kappa shape index (κ1) is 30.5. The molecule has 2 heterocycles. The first-order valence-corrected chi connectivity index (χ1v) is 14.7. The monoisotopic (exact) mass is 567 g/mol. The Balaban J connectivity index is 1.56. The maximum atomic E-state index is 13.8. The summed E-state index contributed by atoms with van der Waals surface area (Å²) in [4.78, 5) is 50.7. The van der Waals surface area contributed by atoms with E-state index in [1.807, 2.05) is 26.8 Å². The Morgan fingerprint density at radius 2 is 1.78 bits per heavy atom. The van der Waals surface area contributed by atoms with Crippen molar-refractivity contribution in [1.29, 1.82) is 0 Å². The lowest BCUT2D eigenvalue weighted by molar-refractivity contribution is -0.143. The molecule has 1 aromatic heterocycles. The fourth-order valence-electron chi connectivity index (χ4n) is 5.64. The Morgan fingerprint density at radius 3 is 2.44 bits per heavy atom. The van der Waals surface area contributed by atoms with Crippen molar-refractivity contribution >= 4 is 40.1 Å². The lowest BCUT2D eigenvalue weighted by atomic mass is 9.85. The van der Waals surface area contributed by atoms with Crippen LogP contribution in [0, 0.1) is 5.41 Å². The Morgan fingerprint density at radius 1 is 1.05 bits per heavy atom. The minimum atomic E-state index is -0.778. The number of hydrogen-bond donors (Lipinski definition) is 4. The van der Waals surface area contributed by atoms with E-state index in [0.717, 1.165) is 24.0 Å². The average Bonchev–Trinajstić information content (AvgIpc) is 3.45. The fourth-order valence-corrected chi connectivity index (χ4v) is 5.64. The fraction of sp³-hybridized carbons (Fsp3) is 0.633. The minimum Gasteiger partial charge on any atom is -0.494 e. The lowest BCUT2D eigenvalue weighted by Crippen LogP contribution is -2.59. The Hall–Kier alpha value is -3.47. The van der Waals surface area contributed by atoms with E-state index in [0.29, 0.717) is 42.4 Å². The number of nitrogens with zero attached hydrogens (tertiary/aromatic N) is 3. The van der Waals surface area contributed by atoms with Crippen molar-refractivity contribution in [3.05, 3.63) is 18.5 Å². The average molecular weight is 568 g/mol. The molecule has 0 radical (unpaired) electrons. The summed E-state index contributed by atoms with van der Waals surface area (Å²) in [6.45, 7) is 7.91. The Kier molecular flexibility index (Phi) is 9.68. The summed E-state index contributed by atoms with van der Waals surface area (Å²) >= 11 is 0. The summed E-state index contributed by atoms with van der Waals surface area (Å²) in [6, 6.07) is 2.10. The predicted octanol–water partition coefficient (Wildman–Crippen LogP) is 3.45. The first-order valence-electron chi connectivity index (χ1n) is 14.7. The molecule has 3 atom stereocenters. The van der Waals surface area contributed by atoms with Crippen LogP contribution in [-0.2, 0) is 14.4 Å². The molecular formula is C30H45N7O4. The molecule has 1 aliphatic heterocycles. The number of benzene rings is 1. The number of likely N-dealkylation sites (N-methyl/N-ethyl adjacent to an activating group) is 1. The SMILES string of the molecule is CNC(C)C(=O)NC(C(=O)N1CCCC1C(=O)Nc1cc2c(NC3CCCCC3)ncnc2cc1OC)C(C)(C)C. The molecule has 1 saturated carbocycles. The van der Waals surface area contributed by atoms with Gasteiger partial charge in [-0.05, 0) is 51.1 Å². The van der Waals surface area contributed by atoms with Crippen LogP contribution >= 0.6 is 0 Å². The van der Waals surface area contributed by atoms with E-state index in [4.69, 9.17) is 4.74 Å². The van der Waals surface area contributed by atoms with Gasteiger partial charge in [-0.25, -0.2) is 9.97 Å². The lowest BCUT2D eigenvalue weighted by Gasteiger charge is -2.36. The maximum absolute atomic E-state index is 13.8.